The van der Waals surface area contributed by atoms with Crippen LogP contribution in [0.5, 0.6) is 0 Å². The second-order valence-corrected chi connectivity index (χ2v) is 9.00. The van der Waals surface area contributed by atoms with Gasteiger partial charge in [0, 0.05) is 17.0 Å². The summed E-state index contributed by atoms with van der Waals surface area (Å²) in [6.07, 6.45) is 6.80. The summed E-state index contributed by atoms with van der Waals surface area (Å²) in [5.74, 6) is -0.256. The number of nitrogens with zero attached hydrogens (tertiary/aromatic N) is 1. The summed E-state index contributed by atoms with van der Waals surface area (Å²) >= 11 is 0. The van der Waals surface area contributed by atoms with Crippen LogP contribution in [-0.2, 0) is 9.53 Å². The van der Waals surface area contributed by atoms with E-state index in [1.54, 1.807) is 0 Å². The van der Waals surface area contributed by atoms with Gasteiger partial charge < -0.3 is 4.74 Å². The van der Waals surface area contributed by atoms with Gasteiger partial charge in [-0.25, -0.2) is 4.79 Å². The van der Waals surface area contributed by atoms with Crippen molar-refractivity contribution in [3.8, 4) is 0 Å². The lowest BCUT2D eigenvalue weighted by atomic mass is 9.85. The molecule has 3 heteroatoms. The highest BCUT2D eigenvalue weighted by Gasteiger charge is 2.32. The normalized spacial score (nSPS) is 16.2. The lowest BCUT2D eigenvalue weighted by Crippen LogP contribution is -2.36. The highest BCUT2D eigenvalue weighted by atomic mass is 16.6. The number of hydrogen-bond donors (Lipinski definition) is 0. The fourth-order valence-electron chi connectivity index (χ4n) is 3.86. The van der Waals surface area contributed by atoms with E-state index in [4.69, 9.17) is 9.73 Å². The highest BCUT2D eigenvalue weighted by Crippen LogP contribution is 2.30. The summed E-state index contributed by atoms with van der Waals surface area (Å²) in [7, 11) is 0. The molecule has 2 atom stereocenters. The Balaban J connectivity index is 2.07. The predicted octanol–water partition coefficient (Wildman–Crippen LogP) is 6.37. The first kappa shape index (κ1) is 22.0. The number of carbonyl (C=O) groups excluding carboxylic acids is 1. The number of carbonyl (C=O) groups is 1. The van der Waals surface area contributed by atoms with Crippen molar-refractivity contribution in [3.05, 3.63) is 83.4 Å². The Morgan fingerprint density at radius 2 is 1.50 bits per heavy atom. The molecule has 1 aliphatic carbocycles. The molecule has 30 heavy (non-hydrogen) atoms. The van der Waals surface area contributed by atoms with E-state index in [2.05, 4.69) is 13.0 Å². The molecule has 3 rings (SSSR count). The predicted molar refractivity (Wildman–Crippen MR) is 124 cm³/mol. The van der Waals surface area contributed by atoms with Crippen LogP contribution in [0.4, 0.5) is 0 Å². The van der Waals surface area contributed by atoms with Crippen molar-refractivity contribution in [2.75, 3.05) is 0 Å². The molecule has 158 valence electrons. The fourth-order valence-corrected chi connectivity index (χ4v) is 3.86. The molecule has 3 nitrogen and oxygen atoms in total. The van der Waals surface area contributed by atoms with E-state index in [0.717, 1.165) is 29.7 Å². The highest BCUT2D eigenvalue weighted by molar-refractivity contribution is 6.13. The molecule has 0 spiro atoms. The van der Waals surface area contributed by atoms with Crippen LogP contribution in [0.25, 0.3) is 0 Å². The minimum Gasteiger partial charge on any atom is -0.458 e. The van der Waals surface area contributed by atoms with Crippen LogP contribution >= 0.6 is 0 Å². The lowest BCUT2D eigenvalue weighted by Gasteiger charge is -2.28. The van der Waals surface area contributed by atoms with Crippen molar-refractivity contribution in [2.24, 2.45) is 10.9 Å². The average molecular weight is 404 g/mol. The molecule has 0 aromatic heterocycles. The molecule has 2 aromatic rings. The molecule has 0 saturated heterocycles. The standard InChI is InChI=1S/C27H33NO2/c1-20(21-14-8-5-9-15-21)24(26(29)30-27(2,3)4)28-25(22-16-10-6-11-17-22)23-18-12-7-13-19-23/h6-7,10-14,16-20,24H,5,8-9,15H2,1-4H3/t20-,24?/m0/s1. The zero-order valence-corrected chi connectivity index (χ0v) is 18.6. The van der Waals surface area contributed by atoms with Gasteiger partial charge in [-0.1, -0.05) is 79.2 Å². The first-order valence-corrected chi connectivity index (χ1v) is 11.0. The van der Waals surface area contributed by atoms with E-state index in [1.807, 2.05) is 81.4 Å². The van der Waals surface area contributed by atoms with Crippen LogP contribution in [0.2, 0.25) is 0 Å². The second kappa shape index (κ2) is 9.88. The first-order chi connectivity index (χ1) is 14.3. The third-order valence-electron chi connectivity index (χ3n) is 5.40. The van der Waals surface area contributed by atoms with Gasteiger partial charge in [0.05, 0.1) is 5.71 Å². The van der Waals surface area contributed by atoms with E-state index in [9.17, 15) is 4.79 Å². The summed E-state index contributed by atoms with van der Waals surface area (Å²) in [6.45, 7) is 7.84. The van der Waals surface area contributed by atoms with E-state index in [0.29, 0.717) is 0 Å². The van der Waals surface area contributed by atoms with Gasteiger partial charge in [0.15, 0.2) is 6.04 Å². The van der Waals surface area contributed by atoms with Crippen LogP contribution in [0, 0.1) is 5.92 Å². The Hall–Kier alpha value is -2.68. The monoisotopic (exact) mass is 403 g/mol. The Morgan fingerprint density at radius 3 is 1.97 bits per heavy atom. The second-order valence-electron chi connectivity index (χ2n) is 9.00. The molecule has 0 fully saturated rings. The quantitative estimate of drug-likeness (QED) is 0.319. The summed E-state index contributed by atoms with van der Waals surface area (Å²) in [5, 5.41) is 0. The van der Waals surface area contributed by atoms with Gasteiger partial charge in [-0.2, -0.15) is 0 Å². The van der Waals surface area contributed by atoms with Crippen molar-refractivity contribution in [1.29, 1.82) is 0 Å². The van der Waals surface area contributed by atoms with Crippen LogP contribution in [0.3, 0.4) is 0 Å². The Labute approximate surface area is 180 Å². The SMILES string of the molecule is C[C@@H](C1=CCCCC1)C(N=C(c1ccccc1)c1ccccc1)C(=O)OC(C)(C)C. The molecule has 1 aliphatic rings. The van der Waals surface area contributed by atoms with Gasteiger partial charge in [-0.05, 0) is 46.5 Å². The molecule has 0 saturated carbocycles. The fraction of sp³-hybridized carbons (Fsp3) is 0.407. The first-order valence-electron chi connectivity index (χ1n) is 11.0. The summed E-state index contributed by atoms with van der Waals surface area (Å²) in [4.78, 5) is 18.4. The third-order valence-corrected chi connectivity index (χ3v) is 5.40. The summed E-state index contributed by atoms with van der Waals surface area (Å²) < 4.78 is 5.81. The number of benzene rings is 2. The van der Waals surface area contributed by atoms with E-state index < -0.39 is 11.6 Å². The smallest absolute Gasteiger partial charge is 0.332 e. The van der Waals surface area contributed by atoms with Crippen molar-refractivity contribution in [2.45, 2.75) is 65.0 Å². The molecular formula is C27H33NO2. The van der Waals surface area contributed by atoms with Gasteiger partial charge in [0.1, 0.15) is 5.60 Å². The largest absolute Gasteiger partial charge is 0.458 e. The number of rotatable bonds is 6. The number of esters is 1. The Bertz CT molecular complexity index is 850. The van der Waals surface area contributed by atoms with Gasteiger partial charge in [-0.3, -0.25) is 4.99 Å². The Morgan fingerprint density at radius 1 is 0.933 bits per heavy atom. The van der Waals surface area contributed by atoms with Crippen molar-refractivity contribution in [3.63, 3.8) is 0 Å². The topological polar surface area (TPSA) is 38.7 Å². The van der Waals surface area contributed by atoms with Crippen molar-refractivity contribution in [1.82, 2.24) is 0 Å². The molecule has 0 amide bonds. The van der Waals surface area contributed by atoms with Gasteiger partial charge >= 0.3 is 5.97 Å². The maximum atomic E-state index is 13.3. The molecule has 0 N–H and O–H groups in total. The molecule has 0 heterocycles. The minimum atomic E-state index is -0.580. The van der Waals surface area contributed by atoms with Gasteiger partial charge in [-0.15, -0.1) is 0 Å². The average Bonchev–Trinajstić information content (AvgIpc) is 2.74. The summed E-state index contributed by atoms with van der Waals surface area (Å²) in [5.41, 5.74) is 3.60. The van der Waals surface area contributed by atoms with Gasteiger partial charge in [0.25, 0.3) is 0 Å². The minimum absolute atomic E-state index is 0.00238. The number of hydrogen-bond acceptors (Lipinski definition) is 3. The van der Waals surface area contributed by atoms with Crippen molar-refractivity contribution < 1.29 is 9.53 Å². The van der Waals surface area contributed by atoms with Gasteiger partial charge in [0.2, 0.25) is 0 Å². The van der Waals surface area contributed by atoms with Crippen LogP contribution in [0.15, 0.2) is 77.3 Å². The van der Waals surface area contributed by atoms with E-state index in [1.165, 1.54) is 18.4 Å². The molecule has 2 aromatic carbocycles. The molecular weight excluding hydrogens is 370 g/mol. The zero-order chi connectivity index (χ0) is 21.6. The lowest BCUT2D eigenvalue weighted by molar-refractivity contribution is -0.157. The number of aliphatic imine (C=N–C) groups is 1. The van der Waals surface area contributed by atoms with Crippen LogP contribution in [0.1, 0.15) is 64.5 Å². The molecule has 1 unspecified atom stereocenters. The van der Waals surface area contributed by atoms with Crippen LogP contribution in [-0.4, -0.2) is 23.3 Å². The molecule has 0 bridgehead atoms. The summed E-state index contributed by atoms with van der Waals surface area (Å²) in [6, 6.07) is 19.6. The van der Waals surface area contributed by atoms with Crippen LogP contribution < -0.4 is 0 Å². The maximum Gasteiger partial charge on any atom is 0.332 e. The number of allylic oxidation sites excluding steroid dienone is 1. The molecule has 0 radical (unpaired) electrons. The maximum absolute atomic E-state index is 13.3. The van der Waals surface area contributed by atoms with Crippen molar-refractivity contribution >= 4 is 11.7 Å². The van der Waals surface area contributed by atoms with E-state index in [-0.39, 0.29) is 11.9 Å². The Kier molecular flexibility index (Phi) is 7.25. The molecule has 0 aliphatic heterocycles. The van der Waals surface area contributed by atoms with E-state index >= 15 is 0 Å². The third kappa shape index (κ3) is 5.91. The number of ether oxygens (including phenoxy) is 1. The zero-order valence-electron chi connectivity index (χ0n) is 18.6.